The van der Waals surface area contributed by atoms with Crippen molar-refractivity contribution >= 4 is 11.7 Å². The molecule has 0 saturated carbocycles. The second kappa shape index (κ2) is 6.01. The van der Waals surface area contributed by atoms with E-state index >= 15 is 0 Å². The van der Waals surface area contributed by atoms with Crippen LogP contribution < -0.4 is 15.4 Å². The zero-order valence-electron chi connectivity index (χ0n) is 11.6. The molecule has 0 spiro atoms. The minimum atomic E-state index is -0.744. The average Bonchev–Trinajstić information content (AvgIpc) is 2.46. The Hall–Kier alpha value is -2.63. The number of fused-ring (bicyclic) bond motifs is 1. The summed E-state index contributed by atoms with van der Waals surface area (Å²) in [5.41, 5.74) is 0.949. The summed E-state index contributed by atoms with van der Waals surface area (Å²) in [4.78, 5) is 12.0. The first kappa shape index (κ1) is 14.3. The molecule has 0 fully saturated rings. The van der Waals surface area contributed by atoms with E-state index in [0.717, 1.165) is 29.5 Å². The number of ether oxygens (including phenoxy) is 1. The summed E-state index contributed by atoms with van der Waals surface area (Å²) in [5, 5.41) is 5.22. The molecule has 1 aliphatic heterocycles. The minimum absolute atomic E-state index is 0.0651. The third-order valence-corrected chi connectivity index (χ3v) is 3.38. The molecule has 2 N–H and O–H groups in total. The fraction of sp³-hybridized carbons (Fsp3) is 0.188. The number of para-hydroxylation sites is 1. The van der Waals surface area contributed by atoms with Gasteiger partial charge >= 0.3 is 6.03 Å². The van der Waals surface area contributed by atoms with E-state index in [2.05, 4.69) is 10.6 Å². The lowest BCUT2D eigenvalue weighted by molar-refractivity contribution is 0.232. The van der Waals surface area contributed by atoms with Crippen LogP contribution in [0.2, 0.25) is 0 Å². The van der Waals surface area contributed by atoms with E-state index in [0.29, 0.717) is 13.0 Å². The smallest absolute Gasteiger partial charge is 0.319 e. The molecule has 2 aromatic carbocycles. The normalized spacial score (nSPS) is 16.4. The lowest BCUT2D eigenvalue weighted by atomic mass is 10.0. The van der Waals surface area contributed by atoms with Crippen molar-refractivity contribution in [1.82, 2.24) is 5.32 Å². The number of anilines is 1. The lowest BCUT2D eigenvalue weighted by Crippen LogP contribution is -2.35. The van der Waals surface area contributed by atoms with E-state index in [9.17, 15) is 13.6 Å². The molecule has 4 nitrogen and oxygen atoms in total. The van der Waals surface area contributed by atoms with Crippen molar-refractivity contribution in [2.75, 3.05) is 11.9 Å². The molecule has 114 valence electrons. The minimum Gasteiger partial charge on any atom is -0.493 e. The van der Waals surface area contributed by atoms with Crippen molar-refractivity contribution < 1.29 is 18.3 Å². The predicted molar refractivity (Wildman–Crippen MR) is 77.8 cm³/mol. The molecule has 22 heavy (non-hydrogen) atoms. The van der Waals surface area contributed by atoms with Crippen LogP contribution in [0.1, 0.15) is 18.0 Å². The van der Waals surface area contributed by atoms with Gasteiger partial charge in [-0.1, -0.05) is 18.2 Å². The van der Waals surface area contributed by atoms with Gasteiger partial charge in [-0.15, -0.1) is 0 Å². The summed E-state index contributed by atoms with van der Waals surface area (Å²) in [6.45, 7) is 0.497. The molecule has 0 aromatic heterocycles. The number of amides is 2. The fourth-order valence-electron chi connectivity index (χ4n) is 2.44. The maximum absolute atomic E-state index is 13.1. The van der Waals surface area contributed by atoms with Crippen LogP contribution in [-0.4, -0.2) is 12.6 Å². The summed E-state index contributed by atoms with van der Waals surface area (Å²) >= 11 is 0. The number of hydrogen-bond acceptors (Lipinski definition) is 2. The van der Waals surface area contributed by atoms with Crippen LogP contribution in [0.25, 0.3) is 0 Å². The van der Waals surface area contributed by atoms with Crippen molar-refractivity contribution in [2.45, 2.75) is 12.5 Å². The van der Waals surface area contributed by atoms with E-state index < -0.39 is 17.7 Å². The summed E-state index contributed by atoms with van der Waals surface area (Å²) in [6, 6.07) is 9.57. The molecular formula is C16H14F2N2O2. The van der Waals surface area contributed by atoms with E-state index in [1.165, 1.54) is 0 Å². The van der Waals surface area contributed by atoms with E-state index in [4.69, 9.17) is 4.74 Å². The van der Waals surface area contributed by atoms with Crippen LogP contribution >= 0.6 is 0 Å². The number of carbonyl (C=O) groups excluding carboxylic acids is 1. The van der Waals surface area contributed by atoms with Gasteiger partial charge in [0.15, 0.2) is 0 Å². The fourth-order valence-corrected chi connectivity index (χ4v) is 2.44. The number of hydrogen-bond donors (Lipinski definition) is 2. The highest BCUT2D eigenvalue weighted by atomic mass is 19.1. The van der Waals surface area contributed by atoms with Crippen molar-refractivity contribution in [2.24, 2.45) is 0 Å². The number of carbonyl (C=O) groups is 1. The molecule has 0 saturated heterocycles. The summed E-state index contributed by atoms with van der Waals surface area (Å²) in [7, 11) is 0. The summed E-state index contributed by atoms with van der Waals surface area (Å²) in [5.74, 6) is -0.755. The molecule has 2 amide bonds. The standard InChI is InChI=1S/C16H14F2N2O2/c17-10-7-11(18)9-12(8-10)19-16(21)20-14-5-6-22-15-4-2-1-3-13(14)15/h1-4,7-9,14H,5-6H2,(H2,19,20,21)/t14-/m0/s1. The third kappa shape index (κ3) is 3.16. The van der Waals surface area contributed by atoms with Crippen LogP contribution in [0.3, 0.4) is 0 Å². The number of urea groups is 1. The van der Waals surface area contributed by atoms with Gasteiger partial charge in [-0.25, -0.2) is 13.6 Å². The highest BCUT2D eigenvalue weighted by molar-refractivity contribution is 5.89. The molecule has 1 aliphatic rings. The van der Waals surface area contributed by atoms with Gasteiger partial charge in [0.1, 0.15) is 17.4 Å². The first-order valence-corrected chi connectivity index (χ1v) is 6.87. The summed E-state index contributed by atoms with van der Waals surface area (Å²) in [6.07, 6.45) is 0.627. The van der Waals surface area contributed by atoms with Crippen molar-refractivity contribution in [3.8, 4) is 5.75 Å². The van der Waals surface area contributed by atoms with Crippen LogP contribution in [0.15, 0.2) is 42.5 Å². The predicted octanol–water partition coefficient (Wildman–Crippen LogP) is 3.61. The Labute approximate surface area is 126 Å². The highest BCUT2D eigenvalue weighted by Gasteiger charge is 2.22. The second-order valence-electron chi connectivity index (χ2n) is 4.98. The largest absolute Gasteiger partial charge is 0.493 e. The average molecular weight is 304 g/mol. The molecule has 0 bridgehead atoms. The van der Waals surface area contributed by atoms with Crippen LogP contribution in [-0.2, 0) is 0 Å². The molecule has 1 heterocycles. The molecule has 6 heteroatoms. The third-order valence-electron chi connectivity index (χ3n) is 3.38. The van der Waals surface area contributed by atoms with Crippen LogP contribution in [0, 0.1) is 11.6 Å². The molecule has 0 aliphatic carbocycles. The topological polar surface area (TPSA) is 50.4 Å². The van der Waals surface area contributed by atoms with Gasteiger partial charge in [0, 0.05) is 23.7 Å². The first-order chi connectivity index (χ1) is 10.6. The van der Waals surface area contributed by atoms with Gasteiger partial charge in [-0.2, -0.15) is 0 Å². The van der Waals surface area contributed by atoms with Crippen LogP contribution in [0.4, 0.5) is 19.3 Å². The van der Waals surface area contributed by atoms with E-state index in [-0.39, 0.29) is 11.7 Å². The highest BCUT2D eigenvalue weighted by Crippen LogP contribution is 2.31. The Bertz CT molecular complexity index is 686. The van der Waals surface area contributed by atoms with Crippen molar-refractivity contribution in [3.63, 3.8) is 0 Å². The molecule has 2 aromatic rings. The lowest BCUT2D eigenvalue weighted by Gasteiger charge is -2.26. The van der Waals surface area contributed by atoms with Gasteiger partial charge in [-0.3, -0.25) is 0 Å². The van der Waals surface area contributed by atoms with Gasteiger partial charge in [-0.05, 0) is 18.2 Å². The van der Waals surface area contributed by atoms with E-state index in [1.807, 2.05) is 24.3 Å². The SMILES string of the molecule is O=C(Nc1cc(F)cc(F)c1)N[C@H]1CCOc2ccccc21. The Morgan fingerprint density at radius 1 is 1.14 bits per heavy atom. The monoisotopic (exact) mass is 304 g/mol. The van der Waals surface area contributed by atoms with Gasteiger partial charge < -0.3 is 15.4 Å². The van der Waals surface area contributed by atoms with E-state index in [1.54, 1.807) is 0 Å². The van der Waals surface area contributed by atoms with Gasteiger partial charge in [0.05, 0.1) is 12.6 Å². The Kier molecular flexibility index (Phi) is 3.91. The van der Waals surface area contributed by atoms with Gasteiger partial charge in [0.25, 0.3) is 0 Å². The first-order valence-electron chi connectivity index (χ1n) is 6.87. The number of nitrogens with one attached hydrogen (secondary N) is 2. The molecule has 1 atom stereocenters. The van der Waals surface area contributed by atoms with Crippen molar-refractivity contribution in [3.05, 3.63) is 59.7 Å². The Morgan fingerprint density at radius 3 is 2.64 bits per heavy atom. The molecule has 0 radical (unpaired) electrons. The quantitative estimate of drug-likeness (QED) is 0.890. The summed E-state index contributed by atoms with van der Waals surface area (Å²) < 4.78 is 31.7. The second-order valence-corrected chi connectivity index (χ2v) is 4.98. The molecule has 0 unspecified atom stereocenters. The zero-order valence-corrected chi connectivity index (χ0v) is 11.6. The maximum Gasteiger partial charge on any atom is 0.319 e. The maximum atomic E-state index is 13.1. The van der Waals surface area contributed by atoms with Crippen molar-refractivity contribution in [1.29, 1.82) is 0 Å². The molecule has 3 rings (SSSR count). The van der Waals surface area contributed by atoms with Crippen LogP contribution in [0.5, 0.6) is 5.75 Å². The Balaban J connectivity index is 1.70. The number of halogens is 2. The van der Waals surface area contributed by atoms with Gasteiger partial charge in [0.2, 0.25) is 0 Å². The number of rotatable bonds is 2. The zero-order chi connectivity index (χ0) is 15.5. The Morgan fingerprint density at radius 2 is 1.86 bits per heavy atom. The number of benzene rings is 2. The molecular weight excluding hydrogens is 290 g/mol.